The van der Waals surface area contributed by atoms with Gasteiger partial charge in [0.05, 0.1) is 0 Å². The Morgan fingerprint density at radius 3 is 1.71 bits per heavy atom. The summed E-state index contributed by atoms with van der Waals surface area (Å²) in [7, 11) is 0. The van der Waals surface area contributed by atoms with E-state index in [9.17, 15) is 0 Å². The highest BCUT2D eigenvalue weighted by atomic mass is 16.3. The maximum atomic E-state index is 6.72. The Bertz CT molecular complexity index is 3850. The Labute approximate surface area is 357 Å². The summed E-state index contributed by atoms with van der Waals surface area (Å²) in [6, 6.07) is 67.2. The third kappa shape index (κ3) is 5.04. The Balaban J connectivity index is 1.06. The Kier molecular flexibility index (Phi) is 7.32. The van der Waals surface area contributed by atoms with Gasteiger partial charge in [0.1, 0.15) is 11.2 Å². The van der Waals surface area contributed by atoms with Crippen molar-refractivity contribution in [3.8, 4) is 56.4 Å². The molecule has 0 amide bonds. The molecule has 0 aliphatic heterocycles. The molecule has 0 N–H and O–H groups in total. The van der Waals surface area contributed by atoms with E-state index in [0.717, 1.165) is 60.5 Å². The Hall–Kier alpha value is -7.95. The van der Waals surface area contributed by atoms with E-state index in [1.807, 2.05) is 6.07 Å². The van der Waals surface area contributed by atoms with Gasteiger partial charge in [-0.15, -0.1) is 0 Å². The van der Waals surface area contributed by atoms with Crippen LogP contribution in [-0.2, 0) is 5.41 Å². The predicted molar refractivity (Wildman–Crippen MR) is 256 cm³/mol. The molecule has 12 aromatic rings. The minimum absolute atomic E-state index is 0.142. The SMILES string of the molecule is CC1(C)c2ccccc2-c2cc3c(cc21)oc1cccc(-c2nc(-c4ccccc4-c4cccc5c4ccc4c6ccccc6ccc54)nc(-c4cccc5ccccc45)n2)c13. The van der Waals surface area contributed by atoms with E-state index in [4.69, 9.17) is 19.4 Å². The van der Waals surface area contributed by atoms with Gasteiger partial charge in [-0.25, -0.2) is 15.0 Å². The molecule has 0 bridgehead atoms. The minimum Gasteiger partial charge on any atom is -0.456 e. The highest BCUT2D eigenvalue weighted by molar-refractivity contribution is 6.20. The van der Waals surface area contributed by atoms with Crippen LogP contribution in [0.5, 0.6) is 0 Å². The van der Waals surface area contributed by atoms with Crippen LogP contribution in [0, 0.1) is 0 Å². The molecule has 0 unspecified atom stereocenters. The second-order valence-corrected chi connectivity index (χ2v) is 17.1. The summed E-state index contributed by atoms with van der Waals surface area (Å²) in [5.74, 6) is 1.82. The van der Waals surface area contributed by atoms with Crippen molar-refractivity contribution < 1.29 is 4.42 Å². The maximum absolute atomic E-state index is 6.72. The molecule has 10 aromatic carbocycles. The fourth-order valence-corrected chi connectivity index (χ4v) is 10.4. The third-order valence-corrected chi connectivity index (χ3v) is 13.3. The van der Waals surface area contributed by atoms with E-state index in [-0.39, 0.29) is 5.41 Å². The molecule has 4 heteroatoms. The van der Waals surface area contributed by atoms with Gasteiger partial charge in [0, 0.05) is 32.9 Å². The molecule has 0 saturated carbocycles. The average Bonchev–Trinajstić information content (AvgIpc) is 3.81. The number of rotatable bonds is 4. The Morgan fingerprint density at radius 1 is 0.323 bits per heavy atom. The zero-order valence-corrected chi connectivity index (χ0v) is 34.1. The second kappa shape index (κ2) is 13.0. The zero-order chi connectivity index (χ0) is 41.1. The van der Waals surface area contributed by atoms with Crippen molar-refractivity contribution in [1.82, 2.24) is 15.0 Å². The first kappa shape index (κ1) is 34.9. The van der Waals surface area contributed by atoms with Gasteiger partial charge in [0.15, 0.2) is 17.5 Å². The molecule has 4 nitrogen and oxygen atoms in total. The standard InChI is InChI=1S/C58H37N3O/c1-58(2)50-26-10-9-20-44(50)48-32-49-53(33-51(48)58)62-52-27-13-25-47(54(49)52)57-60-55(45-24-11-16-34-14-3-6-18-37(34)45)59-56(61-57)46-21-8-7-19-40(46)38-22-12-23-39-42-29-28-35-15-4-5-17-36(35)41(42)30-31-43(38)39/h3-33H,1-2H3. The van der Waals surface area contributed by atoms with Gasteiger partial charge < -0.3 is 4.42 Å². The number of hydrogen-bond acceptors (Lipinski definition) is 4. The molecule has 2 aromatic heterocycles. The number of fused-ring (bicyclic) bond motifs is 12. The van der Waals surface area contributed by atoms with E-state index in [1.54, 1.807) is 0 Å². The van der Waals surface area contributed by atoms with Crippen molar-refractivity contribution in [2.75, 3.05) is 0 Å². The van der Waals surface area contributed by atoms with Crippen LogP contribution < -0.4 is 0 Å². The molecule has 0 saturated heterocycles. The average molecular weight is 792 g/mol. The molecule has 0 fully saturated rings. The molecule has 0 atom stereocenters. The van der Waals surface area contributed by atoms with E-state index in [0.29, 0.717) is 17.5 Å². The highest BCUT2D eigenvalue weighted by Crippen LogP contribution is 2.51. The quantitative estimate of drug-likeness (QED) is 0.167. The van der Waals surface area contributed by atoms with Crippen molar-refractivity contribution in [2.24, 2.45) is 0 Å². The van der Waals surface area contributed by atoms with Gasteiger partial charge in [-0.3, -0.25) is 0 Å². The first-order valence-electron chi connectivity index (χ1n) is 21.3. The molecule has 13 rings (SSSR count). The van der Waals surface area contributed by atoms with Crippen molar-refractivity contribution in [3.63, 3.8) is 0 Å². The fraction of sp³-hybridized carbons (Fsp3) is 0.0517. The van der Waals surface area contributed by atoms with Gasteiger partial charge in [-0.2, -0.15) is 0 Å². The fourth-order valence-electron chi connectivity index (χ4n) is 10.4. The van der Waals surface area contributed by atoms with Crippen LogP contribution in [0.25, 0.3) is 121 Å². The van der Waals surface area contributed by atoms with Gasteiger partial charge >= 0.3 is 0 Å². The van der Waals surface area contributed by atoms with Gasteiger partial charge in [-0.1, -0.05) is 184 Å². The largest absolute Gasteiger partial charge is 0.456 e. The molecule has 0 spiro atoms. The van der Waals surface area contributed by atoms with Crippen LogP contribution in [0.1, 0.15) is 25.0 Å². The lowest BCUT2D eigenvalue weighted by Crippen LogP contribution is -2.14. The molecule has 62 heavy (non-hydrogen) atoms. The van der Waals surface area contributed by atoms with Crippen molar-refractivity contribution >= 4 is 65.0 Å². The lowest BCUT2D eigenvalue weighted by molar-refractivity contribution is 0.647. The van der Waals surface area contributed by atoms with E-state index < -0.39 is 0 Å². The lowest BCUT2D eigenvalue weighted by Gasteiger charge is -2.21. The topological polar surface area (TPSA) is 51.8 Å². The highest BCUT2D eigenvalue weighted by Gasteiger charge is 2.36. The predicted octanol–water partition coefficient (Wildman–Crippen LogP) is 15.4. The second-order valence-electron chi connectivity index (χ2n) is 17.1. The van der Waals surface area contributed by atoms with Gasteiger partial charge in [0.2, 0.25) is 0 Å². The zero-order valence-electron chi connectivity index (χ0n) is 34.1. The molecule has 1 aliphatic rings. The monoisotopic (exact) mass is 791 g/mol. The molecule has 0 radical (unpaired) electrons. The van der Waals surface area contributed by atoms with Crippen LogP contribution in [0.2, 0.25) is 0 Å². The molecule has 1 aliphatic carbocycles. The molecular formula is C58H37N3O. The summed E-state index contributed by atoms with van der Waals surface area (Å²) in [6.07, 6.45) is 0. The Morgan fingerprint density at radius 2 is 0.855 bits per heavy atom. The van der Waals surface area contributed by atoms with Gasteiger partial charge in [0.25, 0.3) is 0 Å². The molecular weight excluding hydrogens is 755 g/mol. The first-order chi connectivity index (χ1) is 30.5. The van der Waals surface area contributed by atoms with E-state index in [1.165, 1.54) is 54.6 Å². The van der Waals surface area contributed by atoms with Crippen LogP contribution >= 0.6 is 0 Å². The van der Waals surface area contributed by atoms with Crippen LogP contribution in [0.15, 0.2) is 192 Å². The van der Waals surface area contributed by atoms with E-state index >= 15 is 0 Å². The first-order valence-corrected chi connectivity index (χ1v) is 21.3. The minimum atomic E-state index is -0.142. The van der Waals surface area contributed by atoms with E-state index in [2.05, 4.69) is 196 Å². The van der Waals surface area contributed by atoms with Crippen LogP contribution in [-0.4, -0.2) is 15.0 Å². The van der Waals surface area contributed by atoms with Crippen molar-refractivity contribution in [3.05, 3.63) is 199 Å². The summed E-state index contributed by atoms with van der Waals surface area (Å²) >= 11 is 0. The number of furan rings is 1. The normalized spacial score (nSPS) is 13.1. The van der Waals surface area contributed by atoms with Crippen molar-refractivity contribution in [2.45, 2.75) is 19.3 Å². The van der Waals surface area contributed by atoms with Crippen LogP contribution in [0.4, 0.5) is 0 Å². The maximum Gasteiger partial charge on any atom is 0.164 e. The number of hydrogen-bond donors (Lipinski definition) is 0. The summed E-state index contributed by atoms with van der Waals surface area (Å²) < 4.78 is 6.72. The molecule has 2 heterocycles. The third-order valence-electron chi connectivity index (χ3n) is 13.3. The van der Waals surface area contributed by atoms with Gasteiger partial charge in [-0.05, 0) is 94.7 Å². The lowest BCUT2D eigenvalue weighted by atomic mass is 9.82. The van der Waals surface area contributed by atoms with Crippen LogP contribution in [0.3, 0.4) is 0 Å². The number of nitrogens with zero attached hydrogens (tertiary/aromatic N) is 3. The van der Waals surface area contributed by atoms with Crippen molar-refractivity contribution in [1.29, 1.82) is 0 Å². The summed E-state index contributed by atoms with van der Waals surface area (Å²) in [5, 5.41) is 11.6. The smallest absolute Gasteiger partial charge is 0.164 e. The molecule has 290 valence electrons. The number of aromatic nitrogens is 3. The summed E-state index contributed by atoms with van der Waals surface area (Å²) in [6.45, 7) is 4.61. The summed E-state index contributed by atoms with van der Waals surface area (Å²) in [4.78, 5) is 16.2. The number of benzene rings is 10. The summed E-state index contributed by atoms with van der Waals surface area (Å²) in [5.41, 5.74) is 11.6.